The van der Waals surface area contributed by atoms with E-state index in [1.807, 2.05) is 32.9 Å². The Morgan fingerprint density at radius 1 is 0.559 bits per heavy atom. The van der Waals surface area contributed by atoms with Crippen molar-refractivity contribution in [1.29, 1.82) is 0 Å². The highest BCUT2D eigenvalue weighted by atomic mass is 31.2. The highest BCUT2D eigenvalue weighted by Gasteiger charge is 2.51. The van der Waals surface area contributed by atoms with E-state index in [0.29, 0.717) is 23.7 Å². The molecule has 0 saturated heterocycles. The van der Waals surface area contributed by atoms with Crippen LogP contribution in [0.1, 0.15) is 52.9 Å². The summed E-state index contributed by atoms with van der Waals surface area (Å²) in [6, 6.07) is 56.2. The van der Waals surface area contributed by atoms with Gasteiger partial charge in [0.1, 0.15) is 45.6 Å². The van der Waals surface area contributed by atoms with Crippen LogP contribution in [-0.4, -0.2) is 31.1 Å². The van der Waals surface area contributed by atoms with Gasteiger partial charge in [-0.15, -0.1) is 0 Å². The lowest BCUT2D eigenvalue weighted by molar-refractivity contribution is -0.157. The van der Waals surface area contributed by atoms with Crippen molar-refractivity contribution >= 4 is 34.4 Å². The second-order valence-electron chi connectivity index (χ2n) is 17.6. The van der Waals surface area contributed by atoms with Gasteiger partial charge in [-0.05, 0) is 160 Å². The molecule has 4 saturated carbocycles. The normalized spacial score (nSPS) is 21.7. The second-order valence-corrected chi connectivity index (χ2v) is 21.0. The third-order valence-corrected chi connectivity index (χ3v) is 16.9. The molecule has 1 atom stereocenters. The summed E-state index contributed by atoms with van der Waals surface area (Å²) in [5.74, 6) is 4.21. The summed E-state index contributed by atoms with van der Waals surface area (Å²) in [7, 11) is -2.66. The fourth-order valence-electron chi connectivity index (χ4n) is 10.5. The summed E-state index contributed by atoms with van der Waals surface area (Å²) in [6.07, 6.45) is 7.06. The lowest BCUT2D eigenvalue weighted by Crippen LogP contribution is -2.49. The molecule has 6 aromatic carbocycles. The first kappa shape index (κ1) is 39.3. The van der Waals surface area contributed by atoms with Gasteiger partial charge < -0.3 is 18.9 Å². The SMILES string of the molecule is CC(C)(C)OC(=O)COc1ccc([P+](c2ccccc2)(c2ccc(OCOC3C4CC5CC(C4)CC3C5)cc2)c2cccc(-c3ccccc3)c2-c2ccccc2)cc1. The van der Waals surface area contributed by atoms with Gasteiger partial charge in [-0.25, -0.2) is 4.79 Å². The van der Waals surface area contributed by atoms with Gasteiger partial charge >= 0.3 is 5.97 Å². The predicted octanol–water partition coefficient (Wildman–Crippen LogP) is 10.5. The van der Waals surface area contributed by atoms with E-state index >= 15 is 0 Å². The molecule has 0 spiro atoms. The van der Waals surface area contributed by atoms with Crippen molar-refractivity contribution in [2.24, 2.45) is 23.7 Å². The number of carbonyl (C=O) groups is 1. The van der Waals surface area contributed by atoms with E-state index in [1.54, 1.807) is 0 Å². The molecule has 4 bridgehead atoms. The molecule has 0 radical (unpaired) electrons. The minimum Gasteiger partial charge on any atom is -0.482 e. The maximum atomic E-state index is 12.6. The van der Waals surface area contributed by atoms with Gasteiger partial charge in [0.15, 0.2) is 13.4 Å². The standard InChI is InChI=1S/C53H54O5P/c1-53(2,3)58-50(54)35-55-43-22-26-46(27-23-43)59(45-18-11-6-12-19-45,49-21-13-20-48(39-14-7-4-8-15-39)51(49)40-16-9-5-10-17-40)47-28-24-44(25-29-47)56-36-57-52-41-31-37-30-38(33-41)34-42(52)32-37/h4-29,37-38,41-42,52H,30-36H2,1-3H3/q+1. The molecule has 0 heterocycles. The van der Waals surface area contributed by atoms with Crippen molar-refractivity contribution in [2.75, 3.05) is 13.4 Å². The average Bonchev–Trinajstić information content (AvgIpc) is 3.25. The molecular weight excluding hydrogens is 748 g/mol. The molecule has 6 aromatic rings. The predicted molar refractivity (Wildman–Crippen MR) is 241 cm³/mol. The zero-order valence-electron chi connectivity index (χ0n) is 34.3. The summed E-state index contributed by atoms with van der Waals surface area (Å²) in [6.45, 7) is 5.69. The number of hydrogen-bond donors (Lipinski definition) is 0. The molecule has 0 aromatic heterocycles. The molecule has 4 aliphatic rings. The van der Waals surface area contributed by atoms with Crippen LogP contribution in [-0.2, 0) is 14.3 Å². The van der Waals surface area contributed by atoms with Crippen LogP contribution in [0.3, 0.4) is 0 Å². The van der Waals surface area contributed by atoms with Crippen LogP contribution in [0.5, 0.6) is 11.5 Å². The summed E-state index contributed by atoms with van der Waals surface area (Å²) in [5.41, 5.74) is 4.10. The van der Waals surface area contributed by atoms with Gasteiger partial charge in [0.25, 0.3) is 0 Å². The Morgan fingerprint density at radius 3 is 1.63 bits per heavy atom. The first-order chi connectivity index (χ1) is 28.7. The van der Waals surface area contributed by atoms with Gasteiger partial charge in [-0.1, -0.05) is 91.0 Å². The summed E-state index contributed by atoms with van der Waals surface area (Å²) in [4.78, 5) is 12.6. The molecule has 4 aliphatic carbocycles. The van der Waals surface area contributed by atoms with Crippen LogP contribution in [0.15, 0.2) is 158 Å². The van der Waals surface area contributed by atoms with Crippen molar-refractivity contribution in [2.45, 2.75) is 64.6 Å². The molecule has 1 unspecified atom stereocenters. The summed E-state index contributed by atoms with van der Waals surface area (Å²) >= 11 is 0. The van der Waals surface area contributed by atoms with Crippen LogP contribution in [0.2, 0.25) is 0 Å². The highest BCUT2D eigenvalue weighted by Crippen LogP contribution is 2.58. The van der Waals surface area contributed by atoms with Crippen molar-refractivity contribution in [3.63, 3.8) is 0 Å². The van der Waals surface area contributed by atoms with Crippen molar-refractivity contribution < 1.29 is 23.7 Å². The van der Waals surface area contributed by atoms with E-state index in [0.717, 1.165) is 34.0 Å². The summed E-state index contributed by atoms with van der Waals surface area (Å²) in [5, 5.41) is 4.83. The molecule has 5 nitrogen and oxygen atoms in total. The third kappa shape index (κ3) is 8.21. The number of rotatable bonds is 13. The Labute approximate surface area is 350 Å². The highest BCUT2D eigenvalue weighted by molar-refractivity contribution is 8.01. The third-order valence-electron chi connectivity index (χ3n) is 12.5. The molecule has 10 rings (SSSR count). The van der Waals surface area contributed by atoms with Gasteiger partial charge in [-0.3, -0.25) is 0 Å². The average molecular weight is 802 g/mol. The maximum absolute atomic E-state index is 12.6. The molecule has 4 fully saturated rings. The summed E-state index contributed by atoms with van der Waals surface area (Å²) < 4.78 is 24.5. The number of carbonyl (C=O) groups excluding carboxylic acids is 1. The molecule has 6 heteroatoms. The number of benzene rings is 6. The Hall–Kier alpha value is -5.22. The first-order valence-corrected chi connectivity index (χ1v) is 23.0. The Bertz CT molecular complexity index is 2310. The smallest absolute Gasteiger partial charge is 0.344 e. The second kappa shape index (κ2) is 16.8. The fourth-order valence-corrected chi connectivity index (χ4v) is 14.9. The quantitative estimate of drug-likeness (QED) is 0.0662. The van der Waals surface area contributed by atoms with Gasteiger partial charge in [-0.2, -0.15) is 0 Å². The monoisotopic (exact) mass is 801 g/mol. The van der Waals surface area contributed by atoms with Crippen molar-refractivity contribution in [3.8, 4) is 33.8 Å². The van der Waals surface area contributed by atoms with Crippen molar-refractivity contribution in [3.05, 3.63) is 158 Å². The van der Waals surface area contributed by atoms with Gasteiger partial charge in [0.05, 0.1) is 6.10 Å². The first-order valence-electron chi connectivity index (χ1n) is 21.2. The zero-order chi connectivity index (χ0) is 40.4. The molecular formula is C53H54O5P+. The fraction of sp³-hybridized carbons (Fsp3) is 0.302. The van der Waals surface area contributed by atoms with E-state index in [4.69, 9.17) is 18.9 Å². The Balaban J connectivity index is 1.14. The van der Waals surface area contributed by atoms with Gasteiger partial charge in [0.2, 0.25) is 0 Å². The van der Waals surface area contributed by atoms with E-state index < -0.39 is 18.8 Å². The lowest BCUT2D eigenvalue weighted by atomic mass is 9.55. The van der Waals surface area contributed by atoms with E-state index in [9.17, 15) is 4.79 Å². The minimum atomic E-state index is -2.66. The number of esters is 1. The van der Waals surface area contributed by atoms with Gasteiger partial charge in [0, 0.05) is 5.56 Å². The van der Waals surface area contributed by atoms with E-state index in [-0.39, 0.29) is 13.4 Å². The minimum absolute atomic E-state index is 0.166. The maximum Gasteiger partial charge on any atom is 0.344 e. The molecule has 59 heavy (non-hydrogen) atoms. The zero-order valence-corrected chi connectivity index (χ0v) is 35.2. The number of hydrogen-bond acceptors (Lipinski definition) is 5. The van der Waals surface area contributed by atoms with Crippen molar-refractivity contribution in [1.82, 2.24) is 0 Å². The van der Waals surface area contributed by atoms with Crippen LogP contribution >= 0.6 is 7.26 Å². The molecule has 0 amide bonds. The van der Waals surface area contributed by atoms with E-state index in [2.05, 4.69) is 146 Å². The largest absolute Gasteiger partial charge is 0.482 e. The molecule has 0 aliphatic heterocycles. The lowest BCUT2D eigenvalue weighted by Gasteiger charge is -2.53. The number of ether oxygens (including phenoxy) is 4. The molecule has 300 valence electrons. The van der Waals surface area contributed by atoms with Crippen LogP contribution in [0.4, 0.5) is 0 Å². The molecule has 0 N–H and O–H groups in total. The van der Waals surface area contributed by atoms with Crippen LogP contribution in [0, 0.1) is 23.7 Å². The van der Waals surface area contributed by atoms with Crippen LogP contribution < -0.4 is 30.7 Å². The topological polar surface area (TPSA) is 54.0 Å². The Kier molecular flexibility index (Phi) is 11.2. The Morgan fingerprint density at radius 2 is 1.07 bits per heavy atom. The van der Waals surface area contributed by atoms with E-state index in [1.165, 1.54) is 59.1 Å². The van der Waals surface area contributed by atoms with Crippen LogP contribution in [0.25, 0.3) is 22.3 Å².